The highest BCUT2D eigenvalue weighted by Gasteiger charge is 2.20. The first-order valence-electron chi connectivity index (χ1n) is 5.09. The van der Waals surface area contributed by atoms with Crippen LogP contribution in [0.4, 0.5) is 0 Å². The van der Waals surface area contributed by atoms with Crippen LogP contribution in [-0.2, 0) is 6.42 Å². The predicted molar refractivity (Wildman–Crippen MR) is 55.9 cm³/mol. The molecule has 0 aliphatic rings. The molecule has 14 heavy (non-hydrogen) atoms. The summed E-state index contributed by atoms with van der Waals surface area (Å²) in [7, 11) is 0. The summed E-state index contributed by atoms with van der Waals surface area (Å²) in [6.45, 7) is 5.89. The smallest absolute Gasteiger partial charge is 0.113 e. The number of nitrogens with zero attached hydrogens (tertiary/aromatic N) is 1. The molecule has 0 spiro atoms. The van der Waals surface area contributed by atoms with Crippen molar-refractivity contribution in [2.24, 2.45) is 5.73 Å². The van der Waals surface area contributed by atoms with E-state index in [2.05, 4.69) is 9.97 Å². The maximum atomic E-state index is 9.87. The van der Waals surface area contributed by atoms with Crippen LogP contribution in [0.3, 0.4) is 0 Å². The maximum absolute atomic E-state index is 9.87. The number of aromatic nitrogens is 2. The van der Waals surface area contributed by atoms with Gasteiger partial charge in [-0.15, -0.1) is 0 Å². The van der Waals surface area contributed by atoms with Crippen molar-refractivity contribution in [3.8, 4) is 0 Å². The van der Waals surface area contributed by atoms with Gasteiger partial charge < -0.3 is 15.8 Å². The number of H-pyrrole nitrogens is 1. The van der Waals surface area contributed by atoms with Crippen LogP contribution in [0.15, 0.2) is 0 Å². The van der Waals surface area contributed by atoms with E-state index in [1.807, 2.05) is 20.8 Å². The van der Waals surface area contributed by atoms with Gasteiger partial charge >= 0.3 is 0 Å². The molecule has 4 N–H and O–H groups in total. The van der Waals surface area contributed by atoms with Crippen LogP contribution in [0, 0.1) is 6.92 Å². The average Bonchev–Trinajstić information content (AvgIpc) is 2.57. The van der Waals surface area contributed by atoms with Gasteiger partial charge in [-0.05, 0) is 13.3 Å². The number of aromatic amines is 1. The zero-order chi connectivity index (χ0) is 10.7. The second kappa shape index (κ2) is 4.57. The molecule has 1 aromatic heterocycles. The van der Waals surface area contributed by atoms with E-state index < -0.39 is 6.10 Å². The number of aliphatic hydroxyl groups excluding tert-OH is 1. The molecule has 2 unspecified atom stereocenters. The summed E-state index contributed by atoms with van der Waals surface area (Å²) < 4.78 is 0. The van der Waals surface area contributed by atoms with Crippen LogP contribution in [0.5, 0.6) is 0 Å². The summed E-state index contributed by atoms with van der Waals surface area (Å²) in [5, 5.41) is 9.87. The largest absolute Gasteiger partial charge is 0.385 e. The molecule has 1 rings (SSSR count). The van der Waals surface area contributed by atoms with E-state index in [1.165, 1.54) is 0 Å². The van der Waals surface area contributed by atoms with Crippen LogP contribution >= 0.6 is 0 Å². The Kier molecular flexibility index (Phi) is 3.66. The van der Waals surface area contributed by atoms with Crippen molar-refractivity contribution in [3.63, 3.8) is 0 Å². The highest BCUT2D eigenvalue weighted by molar-refractivity contribution is 5.17. The minimum absolute atomic E-state index is 0.235. The van der Waals surface area contributed by atoms with Crippen molar-refractivity contribution < 1.29 is 5.11 Å². The summed E-state index contributed by atoms with van der Waals surface area (Å²) >= 11 is 0. The van der Waals surface area contributed by atoms with Crippen LogP contribution < -0.4 is 5.73 Å². The van der Waals surface area contributed by atoms with Gasteiger partial charge in [0.1, 0.15) is 11.9 Å². The second-order valence-corrected chi connectivity index (χ2v) is 3.56. The van der Waals surface area contributed by atoms with E-state index in [1.54, 1.807) is 0 Å². The van der Waals surface area contributed by atoms with E-state index in [9.17, 15) is 5.11 Å². The van der Waals surface area contributed by atoms with Gasteiger partial charge in [-0.25, -0.2) is 4.98 Å². The molecule has 4 heteroatoms. The molecule has 1 heterocycles. The molecule has 1 aromatic rings. The number of aryl methyl sites for hydroxylation is 2. The molecule has 0 aromatic carbocycles. The molecule has 2 atom stereocenters. The Morgan fingerprint density at radius 1 is 1.50 bits per heavy atom. The Morgan fingerprint density at radius 3 is 2.57 bits per heavy atom. The molecule has 0 radical (unpaired) electrons. The van der Waals surface area contributed by atoms with Gasteiger partial charge in [0.25, 0.3) is 0 Å². The Morgan fingerprint density at radius 2 is 2.14 bits per heavy atom. The van der Waals surface area contributed by atoms with Gasteiger partial charge in [0, 0.05) is 18.2 Å². The van der Waals surface area contributed by atoms with Crippen LogP contribution in [0.25, 0.3) is 0 Å². The highest BCUT2D eigenvalue weighted by Crippen LogP contribution is 2.19. The molecule has 0 saturated carbocycles. The average molecular weight is 197 g/mol. The van der Waals surface area contributed by atoms with E-state index in [4.69, 9.17) is 5.73 Å². The highest BCUT2D eigenvalue weighted by atomic mass is 16.3. The lowest BCUT2D eigenvalue weighted by atomic mass is 10.1. The summed E-state index contributed by atoms with van der Waals surface area (Å²) in [5.74, 6) is 0.903. The summed E-state index contributed by atoms with van der Waals surface area (Å²) in [6.07, 6.45) is 0.931. The fraction of sp³-hybridized carbons (Fsp3) is 0.700. The molecule has 0 bridgehead atoms. The first-order chi connectivity index (χ1) is 6.60. The summed E-state index contributed by atoms with van der Waals surface area (Å²) in [5.41, 5.74) is 7.37. The second-order valence-electron chi connectivity index (χ2n) is 3.56. The molecule has 4 nitrogen and oxygen atoms in total. The van der Waals surface area contributed by atoms with Gasteiger partial charge in [-0.3, -0.25) is 0 Å². The molecule has 0 fully saturated rings. The Balaban J connectivity index is 2.88. The zero-order valence-electron chi connectivity index (χ0n) is 9.04. The van der Waals surface area contributed by atoms with Crippen molar-refractivity contribution in [2.75, 3.05) is 0 Å². The van der Waals surface area contributed by atoms with Crippen molar-refractivity contribution in [3.05, 3.63) is 17.2 Å². The predicted octanol–water partition coefficient (Wildman–Crippen LogP) is 1.05. The van der Waals surface area contributed by atoms with Crippen molar-refractivity contribution in [1.82, 2.24) is 9.97 Å². The van der Waals surface area contributed by atoms with Gasteiger partial charge in [0.15, 0.2) is 0 Å². The molecular formula is C10H19N3O. The molecular weight excluding hydrogens is 178 g/mol. The Labute approximate surface area is 84.5 Å². The topological polar surface area (TPSA) is 74.9 Å². The van der Waals surface area contributed by atoms with Crippen LogP contribution in [0.2, 0.25) is 0 Å². The minimum Gasteiger partial charge on any atom is -0.385 e. The molecule has 0 aliphatic carbocycles. The van der Waals surface area contributed by atoms with Crippen molar-refractivity contribution in [2.45, 2.75) is 45.8 Å². The first-order valence-corrected chi connectivity index (χ1v) is 5.09. The minimum atomic E-state index is -0.656. The Hall–Kier alpha value is -0.870. The van der Waals surface area contributed by atoms with Gasteiger partial charge in [0.2, 0.25) is 0 Å². The monoisotopic (exact) mass is 197 g/mol. The van der Waals surface area contributed by atoms with Crippen LogP contribution in [0.1, 0.15) is 43.6 Å². The number of rotatable bonds is 4. The molecule has 0 aliphatic heterocycles. The standard InChI is InChI=1S/C10H19N3O/c1-4-7(11)10(14)9-6(3)12-8(5-2)13-9/h7,10,14H,4-5,11H2,1-3H3,(H,12,13). The van der Waals surface area contributed by atoms with Gasteiger partial charge in [-0.2, -0.15) is 0 Å². The molecule has 0 saturated heterocycles. The number of hydrogen-bond acceptors (Lipinski definition) is 3. The third kappa shape index (κ3) is 2.13. The van der Waals surface area contributed by atoms with Gasteiger partial charge in [0.05, 0.1) is 5.69 Å². The number of aliphatic hydroxyl groups is 1. The SMILES string of the molecule is CCc1nc(C(O)C(N)CC)c(C)[nH]1. The lowest BCUT2D eigenvalue weighted by molar-refractivity contribution is 0.139. The Bertz CT molecular complexity index is 296. The number of nitrogens with two attached hydrogens (primary N) is 1. The third-order valence-electron chi connectivity index (χ3n) is 2.46. The third-order valence-corrected chi connectivity index (χ3v) is 2.46. The first kappa shape index (κ1) is 11.2. The summed E-state index contributed by atoms with van der Waals surface area (Å²) in [6, 6.07) is -0.235. The number of nitrogens with one attached hydrogen (secondary N) is 1. The molecule has 80 valence electrons. The van der Waals surface area contributed by atoms with E-state index in [-0.39, 0.29) is 6.04 Å². The van der Waals surface area contributed by atoms with Gasteiger partial charge in [-0.1, -0.05) is 13.8 Å². The van der Waals surface area contributed by atoms with Crippen molar-refractivity contribution >= 4 is 0 Å². The summed E-state index contributed by atoms with van der Waals surface area (Å²) in [4.78, 5) is 7.44. The fourth-order valence-electron chi connectivity index (χ4n) is 1.42. The van der Waals surface area contributed by atoms with E-state index in [0.717, 1.165) is 24.4 Å². The quantitative estimate of drug-likeness (QED) is 0.675. The molecule has 0 amide bonds. The maximum Gasteiger partial charge on any atom is 0.113 e. The fourth-order valence-corrected chi connectivity index (χ4v) is 1.42. The van der Waals surface area contributed by atoms with Crippen molar-refractivity contribution in [1.29, 1.82) is 0 Å². The van der Waals surface area contributed by atoms with Crippen LogP contribution in [-0.4, -0.2) is 21.1 Å². The number of imidazole rings is 1. The number of hydrogen-bond donors (Lipinski definition) is 3. The lowest BCUT2D eigenvalue weighted by Gasteiger charge is -2.15. The van der Waals surface area contributed by atoms with E-state index in [0.29, 0.717) is 5.69 Å². The van der Waals surface area contributed by atoms with E-state index >= 15 is 0 Å². The zero-order valence-corrected chi connectivity index (χ0v) is 9.04. The normalized spacial score (nSPS) is 15.5. The lowest BCUT2D eigenvalue weighted by Crippen LogP contribution is -2.28.